The van der Waals surface area contributed by atoms with Crippen LogP contribution < -0.4 is 10.6 Å². The SMILES string of the molecule is CC(=O)Nc1ccc(-n2nnnc2SCC(=O)Nc2ccccc2F)cc1. The van der Waals surface area contributed by atoms with Crippen molar-refractivity contribution in [1.82, 2.24) is 20.2 Å². The summed E-state index contributed by atoms with van der Waals surface area (Å²) in [5.41, 5.74) is 1.44. The molecule has 3 aromatic rings. The molecule has 10 heteroatoms. The van der Waals surface area contributed by atoms with Gasteiger partial charge in [-0.05, 0) is 46.8 Å². The molecule has 0 radical (unpaired) electrons. The number of halogens is 1. The minimum atomic E-state index is -0.500. The number of rotatable bonds is 6. The highest BCUT2D eigenvalue weighted by Crippen LogP contribution is 2.20. The van der Waals surface area contributed by atoms with Crippen LogP contribution in [0.2, 0.25) is 0 Å². The first-order chi connectivity index (χ1) is 13.0. The van der Waals surface area contributed by atoms with Gasteiger partial charge in [-0.15, -0.1) is 5.10 Å². The van der Waals surface area contributed by atoms with Crippen LogP contribution in [0.3, 0.4) is 0 Å². The van der Waals surface area contributed by atoms with Crippen molar-refractivity contribution in [2.45, 2.75) is 12.1 Å². The summed E-state index contributed by atoms with van der Waals surface area (Å²) in [7, 11) is 0. The second kappa shape index (κ2) is 8.41. The Bertz CT molecular complexity index is 960. The van der Waals surface area contributed by atoms with E-state index in [9.17, 15) is 14.0 Å². The minimum absolute atomic E-state index is 0.0126. The van der Waals surface area contributed by atoms with E-state index in [1.807, 2.05) is 0 Å². The highest BCUT2D eigenvalue weighted by atomic mass is 32.2. The third kappa shape index (κ3) is 4.88. The fraction of sp³-hybridized carbons (Fsp3) is 0.118. The van der Waals surface area contributed by atoms with Gasteiger partial charge < -0.3 is 10.6 Å². The van der Waals surface area contributed by atoms with Crippen molar-refractivity contribution in [3.05, 3.63) is 54.3 Å². The van der Waals surface area contributed by atoms with Crippen molar-refractivity contribution >= 4 is 35.0 Å². The second-order valence-corrected chi connectivity index (χ2v) is 6.36. The molecule has 2 N–H and O–H groups in total. The molecule has 1 heterocycles. The number of nitrogens with zero attached hydrogens (tertiary/aromatic N) is 4. The van der Waals surface area contributed by atoms with Crippen LogP contribution in [0.1, 0.15) is 6.92 Å². The zero-order valence-corrected chi connectivity index (χ0v) is 15.0. The quantitative estimate of drug-likeness (QED) is 0.631. The molecule has 0 fully saturated rings. The van der Waals surface area contributed by atoms with Crippen LogP contribution >= 0.6 is 11.8 Å². The zero-order valence-electron chi connectivity index (χ0n) is 14.2. The molecule has 3 rings (SSSR count). The van der Waals surface area contributed by atoms with Crippen LogP contribution in [0.25, 0.3) is 5.69 Å². The van der Waals surface area contributed by atoms with E-state index in [4.69, 9.17) is 0 Å². The smallest absolute Gasteiger partial charge is 0.234 e. The molecule has 2 aromatic carbocycles. The Morgan fingerprint density at radius 1 is 1.11 bits per heavy atom. The lowest BCUT2D eigenvalue weighted by molar-refractivity contribution is -0.114. The molecule has 0 saturated carbocycles. The molecule has 138 valence electrons. The number of anilines is 2. The van der Waals surface area contributed by atoms with Gasteiger partial charge in [0.25, 0.3) is 0 Å². The number of carbonyl (C=O) groups excluding carboxylic acids is 2. The van der Waals surface area contributed by atoms with Gasteiger partial charge >= 0.3 is 0 Å². The molecule has 0 spiro atoms. The number of hydrogen-bond acceptors (Lipinski definition) is 6. The summed E-state index contributed by atoms with van der Waals surface area (Å²) in [5.74, 6) is -1.03. The standard InChI is InChI=1S/C17H15FN6O2S/c1-11(25)19-12-6-8-13(9-7-12)24-17(21-22-23-24)27-10-16(26)20-15-5-3-2-4-14(15)18/h2-9H,10H2,1H3,(H,19,25)(H,20,26). The molecular formula is C17H15FN6O2S. The second-order valence-electron chi connectivity index (χ2n) is 5.42. The zero-order chi connectivity index (χ0) is 19.2. The van der Waals surface area contributed by atoms with Crippen LogP contribution in [0.15, 0.2) is 53.7 Å². The van der Waals surface area contributed by atoms with Crippen LogP contribution in [-0.2, 0) is 9.59 Å². The van der Waals surface area contributed by atoms with Crippen molar-refractivity contribution in [2.75, 3.05) is 16.4 Å². The highest BCUT2D eigenvalue weighted by molar-refractivity contribution is 7.99. The van der Waals surface area contributed by atoms with E-state index >= 15 is 0 Å². The molecular weight excluding hydrogens is 371 g/mol. The van der Waals surface area contributed by atoms with E-state index in [1.165, 1.54) is 23.7 Å². The number of hydrogen-bond donors (Lipinski definition) is 2. The number of benzene rings is 2. The first-order valence-electron chi connectivity index (χ1n) is 7.86. The fourth-order valence-electron chi connectivity index (χ4n) is 2.20. The van der Waals surface area contributed by atoms with Crippen molar-refractivity contribution < 1.29 is 14.0 Å². The van der Waals surface area contributed by atoms with E-state index in [0.717, 1.165) is 11.8 Å². The Labute approximate surface area is 158 Å². The van der Waals surface area contributed by atoms with Crippen LogP contribution in [0.4, 0.5) is 15.8 Å². The van der Waals surface area contributed by atoms with Crippen LogP contribution in [0, 0.1) is 5.82 Å². The van der Waals surface area contributed by atoms with Crippen molar-refractivity contribution in [1.29, 1.82) is 0 Å². The third-order valence-corrected chi connectivity index (χ3v) is 4.27. The normalized spacial score (nSPS) is 10.4. The van der Waals surface area contributed by atoms with Crippen molar-refractivity contribution in [3.8, 4) is 5.69 Å². The van der Waals surface area contributed by atoms with E-state index in [1.54, 1.807) is 36.4 Å². The fourth-order valence-corrected chi connectivity index (χ4v) is 2.89. The molecule has 0 bridgehead atoms. The van der Waals surface area contributed by atoms with Gasteiger partial charge in [-0.25, -0.2) is 4.39 Å². The maximum absolute atomic E-state index is 13.6. The van der Waals surface area contributed by atoms with E-state index in [-0.39, 0.29) is 23.3 Å². The summed E-state index contributed by atoms with van der Waals surface area (Å²) < 4.78 is 15.0. The summed E-state index contributed by atoms with van der Waals surface area (Å²) in [6, 6.07) is 12.9. The van der Waals surface area contributed by atoms with Crippen LogP contribution in [0.5, 0.6) is 0 Å². The maximum Gasteiger partial charge on any atom is 0.234 e. The van der Waals surface area contributed by atoms with Gasteiger partial charge in [0.2, 0.25) is 17.0 Å². The minimum Gasteiger partial charge on any atom is -0.326 e. The molecule has 0 unspecified atom stereocenters. The number of carbonyl (C=O) groups is 2. The monoisotopic (exact) mass is 386 g/mol. The van der Waals surface area contributed by atoms with Gasteiger partial charge in [-0.2, -0.15) is 4.68 Å². The lowest BCUT2D eigenvalue weighted by Gasteiger charge is -2.07. The van der Waals surface area contributed by atoms with Crippen LogP contribution in [-0.4, -0.2) is 37.8 Å². The summed E-state index contributed by atoms with van der Waals surface area (Å²) in [6.07, 6.45) is 0. The number of thioether (sulfide) groups is 1. The van der Waals surface area contributed by atoms with Gasteiger partial charge in [0.15, 0.2) is 0 Å². The van der Waals surface area contributed by atoms with Gasteiger partial charge in [0.1, 0.15) is 5.82 Å². The molecule has 0 aliphatic rings. The average molecular weight is 386 g/mol. The first-order valence-corrected chi connectivity index (χ1v) is 8.85. The van der Waals surface area contributed by atoms with E-state index in [2.05, 4.69) is 26.2 Å². The molecule has 0 atom stereocenters. The predicted octanol–water partition coefficient (Wildman–Crippen LogP) is 2.49. The van der Waals surface area contributed by atoms with Gasteiger partial charge in [-0.1, -0.05) is 23.9 Å². The Hall–Kier alpha value is -3.27. The molecule has 1 aromatic heterocycles. The van der Waals surface area contributed by atoms with Gasteiger partial charge in [0, 0.05) is 12.6 Å². The number of nitrogens with one attached hydrogen (secondary N) is 2. The molecule has 0 aliphatic carbocycles. The van der Waals surface area contributed by atoms with Gasteiger partial charge in [-0.3, -0.25) is 9.59 Å². The molecule has 27 heavy (non-hydrogen) atoms. The number of para-hydroxylation sites is 1. The Morgan fingerprint density at radius 3 is 2.56 bits per heavy atom. The average Bonchev–Trinajstić information content (AvgIpc) is 3.11. The Kier molecular flexibility index (Phi) is 5.77. The van der Waals surface area contributed by atoms with E-state index < -0.39 is 5.82 Å². The van der Waals surface area contributed by atoms with Crippen molar-refractivity contribution in [3.63, 3.8) is 0 Å². The predicted molar refractivity (Wildman–Crippen MR) is 99.2 cm³/mol. The maximum atomic E-state index is 13.6. The summed E-state index contributed by atoms with van der Waals surface area (Å²) in [6.45, 7) is 1.43. The highest BCUT2D eigenvalue weighted by Gasteiger charge is 2.13. The lowest BCUT2D eigenvalue weighted by atomic mass is 10.3. The summed E-state index contributed by atoms with van der Waals surface area (Å²) in [4.78, 5) is 23.1. The molecule has 0 saturated heterocycles. The summed E-state index contributed by atoms with van der Waals surface area (Å²) >= 11 is 1.12. The first kappa shape index (κ1) is 18.5. The number of amides is 2. The number of aromatic nitrogens is 4. The third-order valence-electron chi connectivity index (χ3n) is 3.35. The number of tetrazole rings is 1. The largest absolute Gasteiger partial charge is 0.326 e. The molecule has 0 aliphatic heterocycles. The van der Waals surface area contributed by atoms with Gasteiger partial charge in [0.05, 0.1) is 17.1 Å². The summed E-state index contributed by atoms with van der Waals surface area (Å²) in [5, 5.41) is 17.0. The Balaban J connectivity index is 1.64. The van der Waals surface area contributed by atoms with Crippen molar-refractivity contribution in [2.24, 2.45) is 0 Å². The molecule has 8 nitrogen and oxygen atoms in total. The van der Waals surface area contributed by atoms with E-state index in [0.29, 0.717) is 16.5 Å². The topological polar surface area (TPSA) is 102 Å². The molecule has 2 amide bonds. The lowest BCUT2D eigenvalue weighted by Crippen LogP contribution is -2.15. The Morgan fingerprint density at radius 2 is 1.85 bits per heavy atom.